The number of ether oxygens (including phenoxy) is 1. The first-order valence-corrected chi connectivity index (χ1v) is 6.39. The Bertz CT molecular complexity index is 441. The molecule has 1 aliphatic carbocycles. The zero-order chi connectivity index (χ0) is 13.1. The van der Waals surface area contributed by atoms with Gasteiger partial charge in [-0.15, -0.1) is 0 Å². The zero-order valence-corrected chi connectivity index (χ0v) is 11.0. The molecule has 1 aromatic rings. The summed E-state index contributed by atoms with van der Waals surface area (Å²) in [6.45, 7) is 3.55. The van der Waals surface area contributed by atoms with Gasteiger partial charge in [-0.25, -0.2) is 0 Å². The molecule has 2 N–H and O–H groups in total. The Morgan fingerprint density at radius 2 is 2.22 bits per heavy atom. The van der Waals surface area contributed by atoms with Crippen LogP contribution in [0, 0.1) is 5.92 Å². The van der Waals surface area contributed by atoms with Crippen molar-refractivity contribution in [3.05, 3.63) is 23.8 Å². The lowest BCUT2D eigenvalue weighted by atomic mass is 10.1. The van der Waals surface area contributed by atoms with E-state index >= 15 is 0 Å². The second-order valence-corrected chi connectivity index (χ2v) is 4.71. The van der Waals surface area contributed by atoms with Gasteiger partial charge in [-0.2, -0.15) is 0 Å². The lowest BCUT2D eigenvalue weighted by Crippen LogP contribution is -2.33. The van der Waals surface area contributed by atoms with Gasteiger partial charge in [-0.05, 0) is 37.8 Å². The molecule has 4 heteroatoms. The monoisotopic (exact) mass is 248 g/mol. The molecule has 1 fully saturated rings. The van der Waals surface area contributed by atoms with Crippen molar-refractivity contribution in [1.29, 1.82) is 0 Å². The number of amides is 1. The number of para-hydroxylation sites is 1. The number of carbonyl (C=O) groups is 1. The van der Waals surface area contributed by atoms with Gasteiger partial charge in [0, 0.05) is 13.1 Å². The summed E-state index contributed by atoms with van der Waals surface area (Å²) in [5.74, 6) is 1.24. The van der Waals surface area contributed by atoms with Gasteiger partial charge in [0.25, 0.3) is 5.91 Å². The van der Waals surface area contributed by atoms with Crippen LogP contribution >= 0.6 is 0 Å². The fourth-order valence-electron chi connectivity index (χ4n) is 2.05. The third-order valence-electron chi connectivity index (χ3n) is 3.36. The predicted molar refractivity (Wildman–Crippen MR) is 71.7 cm³/mol. The maximum Gasteiger partial charge on any atom is 0.256 e. The average Bonchev–Trinajstić information content (AvgIpc) is 3.19. The van der Waals surface area contributed by atoms with Crippen LogP contribution in [-0.4, -0.2) is 31.0 Å². The minimum absolute atomic E-state index is 0.000741. The van der Waals surface area contributed by atoms with Crippen LogP contribution in [0.15, 0.2) is 18.2 Å². The highest BCUT2D eigenvalue weighted by atomic mass is 16.5. The molecular formula is C14H20N2O2. The van der Waals surface area contributed by atoms with E-state index in [0.29, 0.717) is 29.5 Å². The van der Waals surface area contributed by atoms with E-state index in [0.717, 1.165) is 6.54 Å². The molecule has 1 aliphatic rings. The fraction of sp³-hybridized carbons (Fsp3) is 0.500. The average molecular weight is 248 g/mol. The molecule has 18 heavy (non-hydrogen) atoms. The highest BCUT2D eigenvalue weighted by molar-refractivity contribution is 6.00. The van der Waals surface area contributed by atoms with Crippen LogP contribution in [-0.2, 0) is 0 Å². The molecule has 0 saturated heterocycles. The van der Waals surface area contributed by atoms with Crippen LogP contribution in [0.2, 0.25) is 0 Å². The maximum absolute atomic E-state index is 12.4. The molecule has 0 spiro atoms. The lowest BCUT2D eigenvalue weighted by Gasteiger charge is -2.22. The lowest BCUT2D eigenvalue weighted by molar-refractivity contribution is 0.0757. The molecule has 98 valence electrons. The largest absolute Gasteiger partial charge is 0.495 e. The number of benzene rings is 1. The minimum Gasteiger partial charge on any atom is -0.495 e. The van der Waals surface area contributed by atoms with Crippen LogP contribution in [0.3, 0.4) is 0 Å². The second-order valence-electron chi connectivity index (χ2n) is 4.71. The van der Waals surface area contributed by atoms with Gasteiger partial charge in [-0.3, -0.25) is 4.79 Å². The Morgan fingerprint density at radius 3 is 2.78 bits per heavy atom. The molecule has 0 heterocycles. The summed E-state index contributed by atoms with van der Waals surface area (Å²) in [5.41, 5.74) is 6.93. The van der Waals surface area contributed by atoms with E-state index in [-0.39, 0.29) is 5.91 Å². The minimum atomic E-state index is 0.000741. The molecule has 1 amide bonds. The molecule has 1 saturated carbocycles. The fourth-order valence-corrected chi connectivity index (χ4v) is 2.05. The van der Waals surface area contributed by atoms with Crippen molar-refractivity contribution >= 4 is 11.6 Å². The summed E-state index contributed by atoms with van der Waals surface area (Å²) < 4.78 is 5.15. The van der Waals surface area contributed by atoms with Crippen molar-refractivity contribution < 1.29 is 9.53 Å². The summed E-state index contributed by atoms with van der Waals surface area (Å²) in [5, 5.41) is 0. The predicted octanol–water partition coefficient (Wildman–Crippen LogP) is 2.15. The normalized spacial score (nSPS) is 14.3. The van der Waals surface area contributed by atoms with Crippen LogP contribution in [0.1, 0.15) is 30.1 Å². The molecule has 0 aromatic heterocycles. The summed E-state index contributed by atoms with van der Waals surface area (Å²) in [6, 6.07) is 5.33. The van der Waals surface area contributed by atoms with Gasteiger partial charge in [-0.1, -0.05) is 6.07 Å². The first-order valence-electron chi connectivity index (χ1n) is 6.39. The Morgan fingerprint density at radius 1 is 1.50 bits per heavy atom. The summed E-state index contributed by atoms with van der Waals surface area (Å²) in [6.07, 6.45) is 2.47. The molecule has 0 aliphatic heterocycles. The van der Waals surface area contributed by atoms with E-state index < -0.39 is 0 Å². The van der Waals surface area contributed by atoms with Gasteiger partial charge in [0.2, 0.25) is 0 Å². The highest BCUT2D eigenvalue weighted by Gasteiger charge is 2.27. The molecule has 0 bridgehead atoms. The van der Waals surface area contributed by atoms with E-state index in [1.165, 1.54) is 12.8 Å². The second kappa shape index (κ2) is 5.29. The molecule has 0 atom stereocenters. The van der Waals surface area contributed by atoms with E-state index in [2.05, 4.69) is 0 Å². The quantitative estimate of drug-likeness (QED) is 0.812. The molecule has 0 unspecified atom stereocenters. The zero-order valence-electron chi connectivity index (χ0n) is 11.0. The van der Waals surface area contributed by atoms with E-state index in [9.17, 15) is 4.79 Å². The third-order valence-corrected chi connectivity index (χ3v) is 3.36. The summed E-state index contributed by atoms with van der Waals surface area (Å²) in [4.78, 5) is 14.3. The number of nitrogen functional groups attached to an aromatic ring is 1. The topological polar surface area (TPSA) is 55.6 Å². The first kappa shape index (κ1) is 12.7. The van der Waals surface area contributed by atoms with Gasteiger partial charge in [0.1, 0.15) is 5.75 Å². The molecule has 1 aromatic carbocycles. The Kier molecular flexibility index (Phi) is 3.75. The summed E-state index contributed by atoms with van der Waals surface area (Å²) >= 11 is 0. The van der Waals surface area contributed by atoms with Crippen molar-refractivity contribution in [2.45, 2.75) is 19.8 Å². The van der Waals surface area contributed by atoms with Gasteiger partial charge in [0.05, 0.1) is 18.4 Å². The number of nitrogens with two attached hydrogens (primary N) is 1. The van der Waals surface area contributed by atoms with Gasteiger partial charge >= 0.3 is 0 Å². The van der Waals surface area contributed by atoms with Gasteiger partial charge in [0.15, 0.2) is 0 Å². The van der Waals surface area contributed by atoms with Crippen molar-refractivity contribution in [2.24, 2.45) is 5.92 Å². The highest BCUT2D eigenvalue weighted by Crippen LogP contribution is 2.31. The third kappa shape index (κ3) is 2.58. The van der Waals surface area contributed by atoms with Crippen LogP contribution in [0.25, 0.3) is 0 Å². The number of methoxy groups -OCH3 is 1. The molecule has 0 radical (unpaired) electrons. The smallest absolute Gasteiger partial charge is 0.256 e. The van der Waals surface area contributed by atoms with Crippen LogP contribution in [0.4, 0.5) is 5.69 Å². The standard InChI is InChI=1S/C14H20N2O2/c1-3-16(9-10-7-8-10)14(17)11-5-4-6-12(18-2)13(11)15/h4-6,10H,3,7-9,15H2,1-2H3. The summed E-state index contributed by atoms with van der Waals surface area (Å²) in [7, 11) is 1.56. The molecular weight excluding hydrogens is 228 g/mol. The van der Waals surface area contributed by atoms with Crippen LogP contribution < -0.4 is 10.5 Å². The number of carbonyl (C=O) groups excluding carboxylic acids is 1. The van der Waals surface area contributed by atoms with E-state index in [1.54, 1.807) is 25.3 Å². The van der Waals surface area contributed by atoms with Crippen molar-refractivity contribution in [2.75, 3.05) is 25.9 Å². The Balaban J connectivity index is 2.20. The number of hydrogen-bond donors (Lipinski definition) is 1. The van der Waals surface area contributed by atoms with Crippen molar-refractivity contribution in [1.82, 2.24) is 4.90 Å². The Labute approximate surface area is 108 Å². The van der Waals surface area contributed by atoms with Gasteiger partial charge < -0.3 is 15.4 Å². The maximum atomic E-state index is 12.4. The van der Waals surface area contributed by atoms with E-state index in [1.807, 2.05) is 11.8 Å². The van der Waals surface area contributed by atoms with Crippen LogP contribution in [0.5, 0.6) is 5.75 Å². The SMILES string of the molecule is CCN(CC1CC1)C(=O)c1cccc(OC)c1N. The van der Waals surface area contributed by atoms with E-state index in [4.69, 9.17) is 10.5 Å². The number of rotatable bonds is 5. The first-order chi connectivity index (χ1) is 8.67. The van der Waals surface area contributed by atoms with Crippen molar-refractivity contribution in [3.63, 3.8) is 0 Å². The number of hydrogen-bond acceptors (Lipinski definition) is 3. The molecule has 2 rings (SSSR count). The molecule has 4 nitrogen and oxygen atoms in total. The number of nitrogens with zero attached hydrogens (tertiary/aromatic N) is 1. The van der Waals surface area contributed by atoms with Crippen molar-refractivity contribution in [3.8, 4) is 5.75 Å². The number of anilines is 1. The Hall–Kier alpha value is -1.71.